The molecule has 18 heavy (non-hydrogen) atoms. The number of nitrogens with zero attached hydrogens (tertiary/aromatic N) is 1. The van der Waals surface area contributed by atoms with Gasteiger partial charge in [0, 0.05) is 24.3 Å². The number of sulfonamides is 1. The molecule has 0 aromatic rings. The maximum atomic E-state index is 12.3. The minimum absolute atomic E-state index is 0.0280. The van der Waals surface area contributed by atoms with Gasteiger partial charge in [0.2, 0.25) is 10.0 Å². The quantitative estimate of drug-likeness (QED) is 0.750. The molecule has 1 aliphatic heterocycles. The maximum absolute atomic E-state index is 12.3. The fourth-order valence-electron chi connectivity index (χ4n) is 1.79. The van der Waals surface area contributed by atoms with Crippen molar-refractivity contribution in [3.63, 3.8) is 0 Å². The topological polar surface area (TPSA) is 71.5 Å². The molecule has 2 unspecified atom stereocenters. The lowest BCUT2D eigenvalue weighted by atomic mass is 10.2. The Bertz CT molecular complexity index is 471. The number of sulfone groups is 1. The average Bonchev–Trinajstić information content (AvgIpc) is 2.27. The SMILES string of the molecule is CCC(C)CS(=O)(=O)N1CCSCC1S(C)(=O)=O. The van der Waals surface area contributed by atoms with Crippen LogP contribution in [-0.4, -0.2) is 56.6 Å². The molecule has 0 aromatic carbocycles. The van der Waals surface area contributed by atoms with Crippen LogP contribution in [0, 0.1) is 5.92 Å². The van der Waals surface area contributed by atoms with Crippen molar-refractivity contribution in [1.29, 1.82) is 0 Å². The maximum Gasteiger partial charge on any atom is 0.215 e. The Labute approximate surface area is 114 Å². The highest BCUT2D eigenvalue weighted by Gasteiger charge is 2.38. The van der Waals surface area contributed by atoms with Crippen LogP contribution in [0.5, 0.6) is 0 Å². The van der Waals surface area contributed by atoms with Crippen molar-refractivity contribution in [2.45, 2.75) is 25.6 Å². The fourth-order valence-corrected chi connectivity index (χ4v) is 7.50. The molecule has 0 saturated carbocycles. The van der Waals surface area contributed by atoms with Gasteiger partial charge in [-0.15, -0.1) is 0 Å². The minimum Gasteiger partial charge on any atom is -0.227 e. The summed E-state index contributed by atoms with van der Waals surface area (Å²) in [6.45, 7) is 4.09. The average molecular weight is 315 g/mol. The van der Waals surface area contributed by atoms with Gasteiger partial charge in [-0.05, 0) is 5.92 Å². The fraction of sp³-hybridized carbons (Fsp3) is 1.00. The largest absolute Gasteiger partial charge is 0.227 e. The molecule has 1 fully saturated rings. The first kappa shape index (κ1) is 16.3. The lowest BCUT2D eigenvalue weighted by molar-refractivity contribution is 0.399. The highest BCUT2D eigenvalue weighted by molar-refractivity contribution is 8.01. The van der Waals surface area contributed by atoms with Gasteiger partial charge < -0.3 is 0 Å². The van der Waals surface area contributed by atoms with E-state index in [2.05, 4.69) is 0 Å². The van der Waals surface area contributed by atoms with Crippen molar-refractivity contribution in [3.05, 3.63) is 0 Å². The van der Waals surface area contributed by atoms with Gasteiger partial charge in [-0.3, -0.25) is 0 Å². The molecule has 0 spiro atoms. The Morgan fingerprint density at radius 2 is 1.94 bits per heavy atom. The van der Waals surface area contributed by atoms with Gasteiger partial charge in [0.05, 0.1) is 5.75 Å². The third kappa shape index (κ3) is 4.11. The molecule has 1 aliphatic rings. The second-order valence-corrected chi connectivity index (χ2v) is 10.1. The molecule has 0 aliphatic carbocycles. The van der Waals surface area contributed by atoms with E-state index in [-0.39, 0.29) is 11.7 Å². The lowest BCUT2D eigenvalue weighted by Gasteiger charge is -2.33. The van der Waals surface area contributed by atoms with E-state index in [4.69, 9.17) is 0 Å². The summed E-state index contributed by atoms with van der Waals surface area (Å²) in [5.41, 5.74) is 0. The summed E-state index contributed by atoms with van der Waals surface area (Å²) in [4.78, 5) is 0. The zero-order valence-corrected chi connectivity index (χ0v) is 13.4. The Balaban J connectivity index is 2.97. The number of hydrogen-bond donors (Lipinski definition) is 0. The van der Waals surface area contributed by atoms with Crippen molar-refractivity contribution in [1.82, 2.24) is 4.31 Å². The highest BCUT2D eigenvalue weighted by Crippen LogP contribution is 2.24. The van der Waals surface area contributed by atoms with Crippen LogP contribution >= 0.6 is 11.8 Å². The van der Waals surface area contributed by atoms with E-state index in [1.165, 1.54) is 16.1 Å². The highest BCUT2D eigenvalue weighted by atomic mass is 32.2. The summed E-state index contributed by atoms with van der Waals surface area (Å²) in [5, 5.41) is -0.898. The summed E-state index contributed by atoms with van der Waals surface area (Å²) in [6, 6.07) is 0. The van der Waals surface area contributed by atoms with Crippen LogP contribution in [0.25, 0.3) is 0 Å². The van der Waals surface area contributed by atoms with E-state index in [0.29, 0.717) is 18.1 Å². The third-order valence-electron chi connectivity index (χ3n) is 3.08. The van der Waals surface area contributed by atoms with Gasteiger partial charge in [-0.25, -0.2) is 16.8 Å². The van der Waals surface area contributed by atoms with Crippen molar-refractivity contribution in [2.75, 3.05) is 30.1 Å². The standard InChI is InChI=1S/C10H21NO4S3/c1-4-9(2)8-18(14,15)11-5-6-16-7-10(11)17(3,12)13/h9-10H,4-8H2,1-3H3. The summed E-state index contributed by atoms with van der Waals surface area (Å²) in [7, 11) is -6.86. The van der Waals surface area contributed by atoms with Gasteiger partial charge in [0.25, 0.3) is 0 Å². The number of hydrogen-bond acceptors (Lipinski definition) is 5. The van der Waals surface area contributed by atoms with Gasteiger partial charge in [-0.1, -0.05) is 20.3 Å². The van der Waals surface area contributed by atoms with Crippen LogP contribution in [-0.2, 0) is 19.9 Å². The molecule has 2 atom stereocenters. The molecule has 1 rings (SSSR count). The van der Waals surface area contributed by atoms with Crippen LogP contribution in [0.3, 0.4) is 0 Å². The van der Waals surface area contributed by atoms with Crippen molar-refractivity contribution >= 4 is 31.6 Å². The molecular weight excluding hydrogens is 294 g/mol. The van der Waals surface area contributed by atoms with E-state index in [1.807, 2.05) is 13.8 Å². The number of rotatable bonds is 5. The molecular formula is C10H21NO4S3. The third-order valence-corrected chi connectivity index (χ3v) is 8.00. The second kappa shape index (κ2) is 6.11. The first-order chi connectivity index (χ1) is 8.18. The Morgan fingerprint density at radius 1 is 1.33 bits per heavy atom. The van der Waals surface area contributed by atoms with E-state index in [1.54, 1.807) is 0 Å². The second-order valence-electron chi connectivity index (χ2n) is 4.76. The van der Waals surface area contributed by atoms with Gasteiger partial charge in [0.1, 0.15) is 5.37 Å². The first-order valence-corrected chi connectivity index (χ1v) is 10.7. The lowest BCUT2D eigenvalue weighted by Crippen LogP contribution is -2.51. The zero-order chi connectivity index (χ0) is 14.0. The summed E-state index contributed by atoms with van der Waals surface area (Å²) < 4.78 is 49.1. The molecule has 5 nitrogen and oxygen atoms in total. The van der Waals surface area contributed by atoms with Crippen LogP contribution < -0.4 is 0 Å². The minimum atomic E-state index is -3.49. The summed E-state index contributed by atoms with van der Waals surface area (Å²) in [5.74, 6) is 1.06. The molecule has 0 bridgehead atoms. The van der Waals surface area contributed by atoms with Crippen molar-refractivity contribution in [2.24, 2.45) is 5.92 Å². The molecule has 0 radical (unpaired) electrons. The molecule has 8 heteroatoms. The van der Waals surface area contributed by atoms with Crippen LogP contribution in [0.15, 0.2) is 0 Å². The first-order valence-electron chi connectivity index (χ1n) is 5.94. The molecule has 0 amide bonds. The van der Waals surface area contributed by atoms with Gasteiger partial charge in [-0.2, -0.15) is 16.1 Å². The van der Waals surface area contributed by atoms with Crippen LogP contribution in [0.1, 0.15) is 20.3 Å². The normalized spacial score (nSPS) is 24.9. The Kier molecular flexibility index (Phi) is 5.52. The van der Waals surface area contributed by atoms with E-state index in [9.17, 15) is 16.8 Å². The van der Waals surface area contributed by atoms with Gasteiger partial charge in [0.15, 0.2) is 9.84 Å². The van der Waals surface area contributed by atoms with Crippen molar-refractivity contribution < 1.29 is 16.8 Å². The van der Waals surface area contributed by atoms with Crippen LogP contribution in [0.4, 0.5) is 0 Å². The smallest absolute Gasteiger partial charge is 0.215 e. The molecule has 1 saturated heterocycles. The predicted molar refractivity (Wildman–Crippen MR) is 75.9 cm³/mol. The summed E-state index contributed by atoms with van der Waals surface area (Å²) >= 11 is 1.49. The molecule has 0 aromatic heterocycles. The molecule has 1 heterocycles. The zero-order valence-electron chi connectivity index (χ0n) is 11.0. The van der Waals surface area contributed by atoms with Crippen LogP contribution in [0.2, 0.25) is 0 Å². The Morgan fingerprint density at radius 3 is 2.44 bits per heavy atom. The predicted octanol–water partition coefficient (Wildman–Crippen LogP) is 0.782. The van der Waals surface area contributed by atoms with E-state index < -0.39 is 25.2 Å². The monoisotopic (exact) mass is 315 g/mol. The van der Waals surface area contributed by atoms with E-state index >= 15 is 0 Å². The molecule has 108 valence electrons. The number of thioether (sulfide) groups is 1. The van der Waals surface area contributed by atoms with E-state index in [0.717, 1.165) is 12.7 Å². The molecule has 0 N–H and O–H groups in total. The Hall–Kier alpha value is 0.210. The van der Waals surface area contributed by atoms with Crippen molar-refractivity contribution in [3.8, 4) is 0 Å². The van der Waals surface area contributed by atoms with Gasteiger partial charge >= 0.3 is 0 Å². The summed E-state index contributed by atoms with van der Waals surface area (Å²) in [6.07, 6.45) is 1.88.